The van der Waals surface area contributed by atoms with Gasteiger partial charge in [0.1, 0.15) is 0 Å². The molecule has 0 atom stereocenters. The van der Waals surface area contributed by atoms with Gasteiger partial charge in [0.2, 0.25) is 0 Å². The summed E-state index contributed by atoms with van der Waals surface area (Å²) in [4.78, 5) is 43.0. The normalized spacial score (nSPS) is 18.2. The van der Waals surface area contributed by atoms with Crippen molar-refractivity contribution in [1.29, 1.82) is 0 Å². The molecule has 1 aliphatic carbocycles. The molecule has 0 spiro atoms. The Balaban J connectivity index is 0. The Morgan fingerprint density at radius 1 is 0.833 bits per heavy atom. The number of hydrogen-bond donors (Lipinski definition) is 2. The average Bonchev–Trinajstić information content (AvgIpc) is 1.98. The van der Waals surface area contributed by atoms with E-state index in [1.54, 1.807) is 0 Å². The zero-order valence-electron chi connectivity index (χ0n) is 9.76. The van der Waals surface area contributed by atoms with Crippen molar-refractivity contribution < 1.29 is 121 Å². The summed E-state index contributed by atoms with van der Waals surface area (Å²) < 4.78 is 0. The zero-order chi connectivity index (χ0) is 12.7. The molecule has 18 heavy (non-hydrogen) atoms. The van der Waals surface area contributed by atoms with Crippen LogP contribution < -0.4 is 91.2 Å². The second-order valence-corrected chi connectivity index (χ2v) is 3.50. The van der Waals surface area contributed by atoms with Gasteiger partial charge >= 0.3 is 92.9 Å². The van der Waals surface area contributed by atoms with Crippen LogP contribution in [0.25, 0.3) is 0 Å². The summed E-state index contributed by atoms with van der Waals surface area (Å²) in [6, 6.07) is 0. The third kappa shape index (κ3) is 2.42. The van der Waals surface area contributed by atoms with E-state index >= 15 is 0 Å². The van der Waals surface area contributed by atoms with Crippen LogP contribution in [0.3, 0.4) is 0 Å². The van der Waals surface area contributed by atoms with Crippen molar-refractivity contribution in [2.24, 2.45) is 10.8 Å². The van der Waals surface area contributed by atoms with Gasteiger partial charge in [-0.25, -0.2) is 0 Å². The second-order valence-electron chi connectivity index (χ2n) is 3.50. The summed E-state index contributed by atoms with van der Waals surface area (Å²) in [5.41, 5.74) is -5.92. The summed E-state index contributed by atoms with van der Waals surface area (Å²) in [6.45, 7) is 0. The quantitative estimate of drug-likeness (QED) is 0.382. The molecule has 1 fully saturated rings. The topological polar surface area (TPSA) is 155 Å². The molecular formula is C8H6KNaO8. The van der Waals surface area contributed by atoms with Gasteiger partial charge in [-0.1, -0.05) is 0 Å². The van der Waals surface area contributed by atoms with Crippen LogP contribution in [0.2, 0.25) is 0 Å². The fourth-order valence-electron chi connectivity index (χ4n) is 1.93. The Hall–Kier alpha value is 0.516. The summed E-state index contributed by atoms with van der Waals surface area (Å²) in [7, 11) is 0. The minimum absolute atomic E-state index is 0. The number of carbonyl (C=O) groups excluding carboxylic acids is 2. The molecule has 0 aromatic heterocycles. The fourth-order valence-corrected chi connectivity index (χ4v) is 1.93. The molecule has 1 rings (SSSR count). The molecule has 0 bridgehead atoms. The SMILES string of the molecule is O=C([O-])C1(C(=O)[O-])CCC1(C(=O)O)C(=O)O.[K+].[Na+]. The van der Waals surface area contributed by atoms with E-state index in [1.807, 2.05) is 0 Å². The minimum Gasteiger partial charge on any atom is -0.549 e. The van der Waals surface area contributed by atoms with Crippen LogP contribution in [-0.2, 0) is 19.2 Å². The molecular weight excluding hydrogens is 286 g/mol. The molecule has 0 heterocycles. The van der Waals surface area contributed by atoms with Crippen LogP contribution in [0.5, 0.6) is 0 Å². The number of carbonyl (C=O) groups is 4. The molecule has 88 valence electrons. The van der Waals surface area contributed by atoms with Crippen molar-refractivity contribution in [2.45, 2.75) is 12.8 Å². The Morgan fingerprint density at radius 3 is 1.17 bits per heavy atom. The van der Waals surface area contributed by atoms with Gasteiger partial charge in [0.25, 0.3) is 0 Å². The van der Waals surface area contributed by atoms with Gasteiger partial charge in [-0.15, -0.1) is 0 Å². The molecule has 10 heteroatoms. The van der Waals surface area contributed by atoms with Gasteiger partial charge < -0.3 is 30.0 Å². The molecule has 1 saturated carbocycles. The zero-order valence-corrected chi connectivity index (χ0v) is 14.9. The molecule has 0 aromatic carbocycles. The minimum atomic E-state index is -3.01. The van der Waals surface area contributed by atoms with Gasteiger partial charge in [-0.2, -0.15) is 0 Å². The second kappa shape index (κ2) is 6.80. The summed E-state index contributed by atoms with van der Waals surface area (Å²) in [5, 5.41) is 38.9. The van der Waals surface area contributed by atoms with Gasteiger partial charge in [0.15, 0.2) is 5.41 Å². The first kappa shape index (κ1) is 20.8. The fraction of sp³-hybridized carbons (Fsp3) is 0.500. The van der Waals surface area contributed by atoms with E-state index in [1.165, 1.54) is 0 Å². The van der Waals surface area contributed by atoms with Crippen molar-refractivity contribution in [3.8, 4) is 0 Å². The van der Waals surface area contributed by atoms with E-state index in [9.17, 15) is 29.4 Å². The van der Waals surface area contributed by atoms with E-state index in [0.717, 1.165) is 0 Å². The predicted molar refractivity (Wildman–Crippen MR) is 39.4 cm³/mol. The monoisotopic (exact) mass is 292 g/mol. The number of carboxylic acids is 4. The molecule has 0 radical (unpaired) electrons. The third-order valence-electron chi connectivity index (χ3n) is 3.03. The molecule has 2 N–H and O–H groups in total. The van der Waals surface area contributed by atoms with Crippen molar-refractivity contribution >= 4 is 23.9 Å². The summed E-state index contributed by atoms with van der Waals surface area (Å²) >= 11 is 0. The molecule has 0 aromatic rings. The van der Waals surface area contributed by atoms with E-state index in [-0.39, 0.29) is 80.9 Å². The maximum absolute atomic E-state index is 10.8. The van der Waals surface area contributed by atoms with Crippen molar-refractivity contribution in [3.63, 3.8) is 0 Å². The largest absolute Gasteiger partial charge is 1.00 e. The van der Waals surface area contributed by atoms with E-state index in [0.29, 0.717) is 0 Å². The Morgan fingerprint density at radius 2 is 1.11 bits per heavy atom. The number of rotatable bonds is 4. The first-order valence-electron chi connectivity index (χ1n) is 4.13. The van der Waals surface area contributed by atoms with Crippen molar-refractivity contribution in [2.75, 3.05) is 0 Å². The maximum atomic E-state index is 10.8. The van der Waals surface area contributed by atoms with Gasteiger partial charge in [0.05, 0.1) is 17.4 Å². The van der Waals surface area contributed by atoms with E-state index in [2.05, 4.69) is 0 Å². The molecule has 0 unspecified atom stereocenters. The van der Waals surface area contributed by atoms with Gasteiger partial charge in [0, 0.05) is 0 Å². The van der Waals surface area contributed by atoms with Crippen LogP contribution in [0.4, 0.5) is 0 Å². The first-order valence-corrected chi connectivity index (χ1v) is 4.13. The Labute approximate surface area is 165 Å². The average molecular weight is 292 g/mol. The summed E-state index contributed by atoms with van der Waals surface area (Å²) in [6.07, 6.45) is -1.24. The van der Waals surface area contributed by atoms with Crippen LogP contribution in [0.1, 0.15) is 12.8 Å². The van der Waals surface area contributed by atoms with E-state index in [4.69, 9.17) is 10.2 Å². The van der Waals surface area contributed by atoms with E-state index < -0.39 is 47.5 Å². The van der Waals surface area contributed by atoms with Crippen molar-refractivity contribution in [1.82, 2.24) is 0 Å². The van der Waals surface area contributed by atoms with Crippen LogP contribution in [0, 0.1) is 10.8 Å². The Kier molecular flexibility index (Phi) is 7.86. The Bertz CT molecular complexity index is 340. The van der Waals surface area contributed by atoms with Gasteiger partial charge in [-0.05, 0) is 12.8 Å². The predicted octanol–water partition coefficient (Wildman–Crippen LogP) is -9.57. The van der Waals surface area contributed by atoms with Gasteiger partial charge in [-0.3, -0.25) is 9.59 Å². The van der Waals surface area contributed by atoms with Crippen LogP contribution >= 0.6 is 0 Å². The summed E-state index contributed by atoms with van der Waals surface area (Å²) in [5.74, 6) is -8.58. The van der Waals surface area contributed by atoms with Crippen molar-refractivity contribution in [3.05, 3.63) is 0 Å². The molecule has 1 aliphatic rings. The maximum Gasteiger partial charge on any atom is 1.00 e. The third-order valence-corrected chi connectivity index (χ3v) is 3.03. The molecule has 0 saturated heterocycles. The number of aliphatic carboxylic acids is 4. The first-order chi connectivity index (χ1) is 7.23. The van der Waals surface area contributed by atoms with Crippen LogP contribution in [0.15, 0.2) is 0 Å². The smallest absolute Gasteiger partial charge is 0.549 e. The molecule has 8 nitrogen and oxygen atoms in total. The standard InChI is InChI=1S/C8H8O8.K.Na/c9-3(10)7(4(11)12)1-2-8(7,5(13)14)6(15)16;;/h1-2H2,(H,9,10)(H,11,12)(H,13,14)(H,15,16);;/q;2*+1/p-2. The molecule has 0 aliphatic heterocycles. The van der Waals surface area contributed by atoms with Crippen LogP contribution in [-0.4, -0.2) is 34.1 Å². The number of carboxylic acid groups (broad SMARTS) is 4. The number of hydrogen-bond acceptors (Lipinski definition) is 6. The molecule has 0 amide bonds.